The van der Waals surface area contributed by atoms with Crippen LogP contribution in [0.5, 0.6) is 17.2 Å². The number of aryl methyl sites for hydroxylation is 1. The number of nitrogens with zero attached hydrogens (tertiary/aromatic N) is 1. The predicted octanol–water partition coefficient (Wildman–Crippen LogP) is 5.55. The van der Waals surface area contributed by atoms with Crippen molar-refractivity contribution in [1.82, 2.24) is 10.3 Å². The summed E-state index contributed by atoms with van der Waals surface area (Å²) in [7, 11) is -6.08. The number of carboxylic acid groups (broad SMARTS) is 2. The fraction of sp³-hybridized carbons (Fsp3) is 0.382. The van der Waals surface area contributed by atoms with Gasteiger partial charge >= 0.3 is 25.9 Å². The van der Waals surface area contributed by atoms with Crippen LogP contribution in [-0.2, 0) is 42.9 Å². The maximum Gasteiger partial charge on any atom is 0.524 e. The number of carbonyl (C=O) groups is 3. The van der Waals surface area contributed by atoms with Crippen molar-refractivity contribution in [2.45, 2.75) is 66.2 Å². The highest BCUT2D eigenvalue weighted by atomic mass is 31.2. The first-order valence-corrected chi connectivity index (χ1v) is 18.8. The van der Waals surface area contributed by atoms with E-state index in [2.05, 4.69) is 9.95 Å². The first kappa shape index (κ1) is 47.6. The Morgan fingerprint density at radius 1 is 0.827 bits per heavy atom. The van der Waals surface area contributed by atoms with Gasteiger partial charge in [-0.05, 0) is 61.2 Å². The van der Waals surface area contributed by atoms with Gasteiger partial charge in [-0.3, -0.25) is 29.9 Å². The van der Waals surface area contributed by atoms with E-state index in [0.29, 0.717) is 16.9 Å². The second kappa shape index (κ2) is 19.4. The number of aromatic hydroxyl groups is 1. The largest absolute Gasteiger partial charge is 0.524 e. The molecule has 18 heteroatoms. The number of phenolic OH excluding ortho intramolecular Hbond substituents is 1. The molecule has 16 nitrogen and oxygen atoms in total. The molecule has 290 valence electrons. The quantitative estimate of drug-likeness (QED) is 0.0602. The second-order valence-corrected chi connectivity index (χ2v) is 16.0. The van der Waals surface area contributed by atoms with E-state index >= 15 is 0 Å². The first-order chi connectivity index (χ1) is 23.0. The van der Waals surface area contributed by atoms with E-state index in [-0.39, 0.29) is 34.3 Å². The number of carboxylic acids is 2. The number of nitrogens with two attached hydrogens (primary N) is 1. The van der Waals surface area contributed by atoms with Gasteiger partial charge in [-0.15, -0.1) is 0 Å². The van der Waals surface area contributed by atoms with Crippen molar-refractivity contribution in [2.24, 2.45) is 5.84 Å². The van der Waals surface area contributed by atoms with Crippen LogP contribution < -0.4 is 20.3 Å². The number of nitrogens with one attached hydrogen (secondary N) is 1. The molecule has 3 aromatic rings. The lowest BCUT2D eigenvalue weighted by Gasteiger charge is -2.34. The maximum atomic E-state index is 12.5. The molecule has 52 heavy (non-hydrogen) atoms. The highest BCUT2D eigenvalue weighted by Crippen LogP contribution is 2.42. The van der Waals surface area contributed by atoms with E-state index < -0.39 is 55.8 Å². The molecule has 0 bridgehead atoms. The predicted molar refractivity (Wildman–Crippen MR) is 197 cm³/mol. The highest BCUT2D eigenvalue weighted by Gasteiger charge is 2.41. The Morgan fingerprint density at radius 3 is 1.81 bits per heavy atom. The van der Waals surface area contributed by atoms with Gasteiger partial charge in [0.15, 0.2) is 11.5 Å². The molecule has 8 N–H and O–H groups in total. The van der Waals surface area contributed by atoms with Gasteiger partial charge in [0.1, 0.15) is 23.4 Å². The van der Waals surface area contributed by atoms with Crippen LogP contribution in [0.2, 0.25) is 0 Å². The summed E-state index contributed by atoms with van der Waals surface area (Å²) in [6.45, 7) is 7.73. The van der Waals surface area contributed by atoms with Gasteiger partial charge < -0.3 is 29.1 Å². The first-order valence-electron chi connectivity index (χ1n) is 14.8. The molecule has 0 radical (unpaired) electrons. The average molecular weight is 772 g/mol. The third-order valence-corrected chi connectivity index (χ3v) is 8.45. The van der Waals surface area contributed by atoms with E-state index in [1.807, 2.05) is 30.3 Å². The molecule has 0 aromatic heterocycles. The summed E-state index contributed by atoms with van der Waals surface area (Å²) in [5.74, 6) is 2.42. The smallest absolute Gasteiger partial charge is 0.504 e. The number of rotatable bonds is 14. The molecule has 1 amide bonds. The van der Waals surface area contributed by atoms with Crippen LogP contribution in [-0.4, -0.2) is 79.5 Å². The highest BCUT2D eigenvalue weighted by molar-refractivity contribution is 7.57. The van der Waals surface area contributed by atoms with Gasteiger partial charge in [0.25, 0.3) is 0 Å². The Kier molecular flexibility index (Phi) is 17.8. The fourth-order valence-electron chi connectivity index (χ4n) is 4.39. The molecule has 0 fully saturated rings. The molecule has 0 saturated heterocycles. The number of amides is 1. The SMILES string of the molecule is C.C.C[C@@](Cc1ccc(OP(=O)(O)O)c(O)c1)(NN)C(=O)O.Cc1cc(C[C@@](C)(C(=O)O)N(C)C(=O)OCc2ccccc2)ccc1OP(C)(C)=O. The van der Waals surface area contributed by atoms with Gasteiger partial charge in [-0.25, -0.2) is 19.6 Å². The number of hydrogen-bond donors (Lipinski definition) is 7. The lowest BCUT2D eigenvalue weighted by Crippen LogP contribution is -2.54. The summed E-state index contributed by atoms with van der Waals surface area (Å²) in [4.78, 5) is 54.0. The zero-order valence-electron chi connectivity index (χ0n) is 28.4. The number of phosphoric ester groups is 1. The van der Waals surface area contributed by atoms with Gasteiger partial charge in [0.2, 0.25) is 7.37 Å². The van der Waals surface area contributed by atoms with E-state index in [4.69, 9.17) is 30.0 Å². The van der Waals surface area contributed by atoms with Crippen molar-refractivity contribution < 1.29 is 62.4 Å². The van der Waals surface area contributed by atoms with E-state index in [0.717, 1.165) is 28.2 Å². The van der Waals surface area contributed by atoms with Crippen molar-refractivity contribution in [2.75, 3.05) is 20.4 Å². The van der Waals surface area contributed by atoms with E-state index in [1.165, 1.54) is 40.3 Å². The number of phosphoric acid groups is 1. The number of ether oxygens (including phenoxy) is 1. The van der Waals surface area contributed by atoms with E-state index in [1.54, 1.807) is 25.1 Å². The summed E-state index contributed by atoms with van der Waals surface area (Å²) >= 11 is 0. The molecule has 0 aliphatic heterocycles. The molecule has 0 unspecified atom stereocenters. The topological polar surface area (TPSA) is 255 Å². The zero-order valence-corrected chi connectivity index (χ0v) is 30.2. The lowest BCUT2D eigenvalue weighted by atomic mass is 9.91. The average Bonchev–Trinajstić information content (AvgIpc) is 3.01. The fourth-order valence-corrected chi connectivity index (χ4v) is 5.48. The summed E-state index contributed by atoms with van der Waals surface area (Å²) in [5.41, 5.74) is 1.84. The Labute approximate surface area is 304 Å². The van der Waals surface area contributed by atoms with Gasteiger partial charge in [-0.1, -0.05) is 63.4 Å². The molecule has 0 saturated carbocycles. The monoisotopic (exact) mass is 771 g/mol. The van der Waals surface area contributed by atoms with Crippen LogP contribution in [0.4, 0.5) is 4.79 Å². The van der Waals surface area contributed by atoms with Crippen LogP contribution in [0, 0.1) is 6.92 Å². The van der Waals surface area contributed by atoms with Gasteiger partial charge in [0.05, 0.1) is 0 Å². The number of hydrazine groups is 1. The third-order valence-electron chi connectivity index (χ3n) is 7.37. The molecule has 2 atom stereocenters. The molecule has 3 aromatic carbocycles. The Morgan fingerprint density at radius 2 is 1.37 bits per heavy atom. The van der Waals surface area contributed by atoms with Crippen LogP contribution in [0.1, 0.15) is 51.0 Å². The van der Waals surface area contributed by atoms with Crippen molar-refractivity contribution >= 4 is 33.2 Å². The minimum absolute atomic E-state index is 0. The maximum absolute atomic E-state index is 12.5. The van der Waals surface area contributed by atoms with Crippen molar-refractivity contribution in [3.63, 3.8) is 0 Å². The zero-order chi connectivity index (χ0) is 38.1. The minimum Gasteiger partial charge on any atom is -0.504 e. The van der Waals surface area contributed by atoms with Crippen molar-refractivity contribution in [1.29, 1.82) is 0 Å². The molecule has 0 aliphatic rings. The molecular weight excluding hydrogens is 720 g/mol. The van der Waals surface area contributed by atoms with Crippen LogP contribution in [0.3, 0.4) is 0 Å². The summed E-state index contributed by atoms with van der Waals surface area (Å²) < 4.78 is 37.6. The second-order valence-electron chi connectivity index (χ2n) is 12.1. The standard InChI is InChI=1S/C22H28NO6P.C10H15N2O7P.2CH4/c1-16-13-18(11-12-19(16)29-30(4,5)27)14-22(2,20(24)25)23(3)21(26)28-15-17-9-7-6-8-10-17;1-10(12-11,9(14)15)5-6-2-3-8(7(13)4-6)19-20(16,17)18;;/h6-13H,14-15H2,1-5H3,(H,24,25);2-4,12-13H,5,11H2,1H3,(H,14,15)(H2,16,17,18);2*1H4/t22-;10-;;/m00../s1. The van der Waals surface area contributed by atoms with Crippen molar-refractivity contribution in [3.05, 3.63) is 89.0 Å². The van der Waals surface area contributed by atoms with Gasteiger partial charge in [-0.2, -0.15) is 0 Å². The number of phenols is 1. The Hall–Kier alpha value is -4.43. The Bertz CT molecular complexity index is 1760. The number of aliphatic carboxylic acids is 2. The number of carbonyl (C=O) groups excluding carboxylic acids is 1. The summed E-state index contributed by atoms with van der Waals surface area (Å²) in [5, 5.41) is 28.5. The van der Waals surface area contributed by atoms with Crippen LogP contribution >= 0.6 is 15.2 Å². The molecule has 0 spiro atoms. The summed E-state index contributed by atoms with van der Waals surface area (Å²) in [6.07, 6.45) is -0.711. The van der Waals surface area contributed by atoms with Crippen LogP contribution in [0.15, 0.2) is 66.7 Å². The molecule has 0 aliphatic carbocycles. The summed E-state index contributed by atoms with van der Waals surface area (Å²) in [6, 6.07) is 18.0. The van der Waals surface area contributed by atoms with Crippen molar-refractivity contribution in [3.8, 4) is 17.2 Å². The molecule has 0 heterocycles. The van der Waals surface area contributed by atoms with E-state index in [9.17, 15) is 33.7 Å². The molecule has 3 rings (SSSR count). The lowest BCUT2D eigenvalue weighted by molar-refractivity contribution is -0.148. The third kappa shape index (κ3) is 14.3. The number of likely N-dealkylation sites (N-methyl/N-ethyl adjacent to an activating group) is 1. The number of hydrogen-bond acceptors (Lipinski definition) is 11. The number of benzene rings is 3. The molecular formula is C34H51N3O13P2. The minimum atomic E-state index is -4.78. The van der Waals surface area contributed by atoms with Crippen LogP contribution in [0.25, 0.3) is 0 Å². The Balaban J connectivity index is 0.00000104. The van der Waals surface area contributed by atoms with Gasteiger partial charge in [0, 0.05) is 33.2 Å². The normalized spacial score (nSPS) is 13.2.